The van der Waals surface area contributed by atoms with Crippen molar-refractivity contribution in [3.05, 3.63) is 58.9 Å². The SMILES string of the molecule is CC(C)[C@@H]1c2ccc(F)cc2CC[C@@]1(O)CCNCCCc1ccc2c(c1)OCO2. The topological polar surface area (TPSA) is 50.7 Å². The summed E-state index contributed by atoms with van der Waals surface area (Å²) in [6, 6.07) is 11.1. The van der Waals surface area contributed by atoms with Gasteiger partial charge in [0, 0.05) is 5.92 Å². The van der Waals surface area contributed by atoms with Gasteiger partial charge >= 0.3 is 0 Å². The van der Waals surface area contributed by atoms with Gasteiger partial charge < -0.3 is 19.9 Å². The van der Waals surface area contributed by atoms with Gasteiger partial charge in [-0.05, 0) is 92.1 Å². The Morgan fingerprint density at radius 3 is 2.80 bits per heavy atom. The summed E-state index contributed by atoms with van der Waals surface area (Å²) in [6.45, 7) is 6.27. The molecule has 4 nitrogen and oxygen atoms in total. The lowest BCUT2D eigenvalue weighted by Crippen LogP contribution is -2.45. The van der Waals surface area contributed by atoms with Gasteiger partial charge in [-0.15, -0.1) is 0 Å². The summed E-state index contributed by atoms with van der Waals surface area (Å²) in [5.41, 5.74) is 2.66. The lowest BCUT2D eigenvalue weighted by Gasteiger charge is -2.44. The van der Waals surface area contributed by atoms with Crippen LogP contribution in [0.25, 0.3) is 0 Å². The van der Waals surface area contributed by atoms with Crippen LogP contribution in [0.5, 0.6) is 11.5 Å². The molecule has 1 heterocycles. The summed E-state index contributed by atoms with van der Waals surface area (Å²) < 4.78 is 24.4. The van der Waals surface area contributed by atoms with Crippen LogP contribution in [-0.2, 0) is 12.8 Å². The van der Waals surface area contributed by atoms with Gasteiger partial charge in [0.25, 0.3) is 0 Å². The highest BCUT2D eigenvalue weighted by Gasteiger charge is 2.42. The monoisotopic (exact) mass is 413 g/mol. The lowest BCUT2D eigenvalue weighted by molar-refractivity contribution is -0.0241. The van der Waals surface area contributed by atoms with E-state index in [1.54, 1.807) is 6.07 Å². The molecule has 2 aromatic carbocycles. The van der Waals surface area contributed by atoms with Gasteiger partial charge in [-0.3, -0.25) is 0 Å². The third-order valence-corrected chi connectivity index (χ3v) is 6.50. The minimum Gasteiger partial charge on any atom is -0.454 e. The number of aliphatic hydroxyl groups is 1. The van der Waals surface area contributed by atoms with Gasteiger partial charge in [0.15, 0.2) is 11.5 Å². The molecule has 0 unspecified atom stereocenters. The minimum atomic E-state index is -0.747. The molecule has 0 spiro atoms. The number of nitrogens with one attached hydrogen (secondary N) is 1. The molecule has 0 fully saturated rings. The first kappa shape index (κ1) is 21.1. The first-order valence-corrected chi connectivity index (χ1v) is 11.1. The van der Waals surface area contributed by atoms with Crippen molar-refractivity contribution in [1.82, 2.24) is 5.32 Å². The molecular formula is C25H32FNO3. The van der Waals surface area contributed by atoms with Crippen LogP contribution in [0.2, 0.25) is 0 Å². The molecule has 1 aliphatic heterocycles. The molecule has 30 heavy (non-hydrogen) atoms. The molecule has 2 aliphatic rings. The maximum atomic E-state index is 13.6. The smallest absolute Gasteiger partial charge is 0.231 e. The van der Waals surface area contributed by atoms with E-state index in [4.69, 9.17) is 9.47 Å². The van der Waals surface area contributed by atoms with Crippen molar-refractivity contribution < 1.29 is 19.0 Å². The summed E-state index contributed by atoms with van der Waals surface area (Å²) in [7, 11) is 0. The second-order valence-electron chi connectivity index (χ2n) is 8.96. The first-order chi connectivity index (χ1) is 14.5. The van der Waals surface area contributed by atoms with E-state index >= 15 is 0 Å². The fourth-order valence-corrected chi connectivity index (χ4v) is 5.09. The average Bonchev–Trinajstić information content (AvgIpc) is 3.18. The summed E-state index contributed by atoms with van der Waals surface area (Å²) in [5, 5.41) is 15.0. The highest BCUT2D eigenvalue weighted by Crippen LogP contribution is 2.45. The standard InChI is InChI=1S/C25H32FNO3/c1-17(2)24-21-7-6-20(26)15-19(21)9-10-25(24,28)11-13-27-12-3-4-18-5-8-22-23(14-18)30-16-29-22/h5-8,14-15,17,24,27-28H,3-4,9-13,16H2,1-2H3/t24-,25-/m1/s1. The van der Waals surface area contributed by atoms with E-state index in [1.165, 1.54) is 11.6 Å². The molecule has 162 valence electrons. The van der Waals surface area contributed by atoms with Crippen LogP contribution in [0.1, 0.15) is 55.7 Å². The number of fused-ring (bicyclic) bond motifs is 2. The summed E-state index contributed by atoms with van der Waals surface area (Å²) in [6.07, 6.45) is 4.12. The quantitative estimate of drug-likeness (QED) is 0.622. The molecule has 0 bridgehead atoms. The van der Waals surface area contributed by atoms with E-state index in [0.717, 1.165) is 55.0 Å². The largest absolute Gasteiger partial charge is 0.454 e. The first-order valence-electron chi connectivity index (χ1n) is 11.1. The van der Waals surface area contributed by atoms with Crippen LogP contribution in [0.3, 0.4) is 0 Å². The van der Waals surface area contributed by atoms with E-state index in [2.05, 4.69) is 31.3 Å². The van der Waals surface area contributed by atoms with E-state index in [9.17, 15) is 9.50 Å². The predicted octanol–water partition coefficient (Wildman–Crippen LogP) is 4.58. The number of ether oxygens (including phenoxy) is 2. The fourth-order valence-electron chi connectivity index (χ4n) is 5.09. The zero-order chi connectivity index (χ0) is 21.1. The molecule has 0 saturated carbocycles. The molecule has 2 atom stereocenters. The zero-order valence-electron chi connectivity index (χ0n) is 17.9. The van der Waals surface area contributed by atoms with Crippen LogP contribution < -0.4 is 14.8 Å². The minimum absolute atomic E-state index is 0.0392. The number of rotatable bonds is 8. The van der Waals surface area contributed by atoms with Crippen molar-refractivity contribution in [3.63, 3.8) is 0 Å². The third-order valence-electron chi connectivity index (χ3n) is 6.50. The van der Waals surface area contributed by atoms with Crippen LogP contribution in [-0.4, -0.2) is 30.6 Å². The molecule has 2 N–H and O–H groups in total. The summed E-state index contributed by atoms with van der Waals surface area (Å²) in [4.78, 5) is 0. The number of hydrogen-bond donors (Lipinski definition) is 2. The highest BCUT2D eigenvalue weighted by atomic mass is 19.1. The lowest BCUT2D eigenvalue weighted by atomic mass is 9.66. The Balaban J connectivity index is 1.27. The van der Waals surface area contributed by atoms with Gasteiger partial charge in [0.1, 0.15) is 5.82 Å². The third kappa shape index (κ3) is 4.47. The summed E-state index contributed by atoms with van der Waals surface area (Å²) >= 11 is 0. The van der Waals surface area contributed by atoms with Gasteiger partial charge in [-0.25, -0.2) is 4.39 Å². The molecule has 0 aromatic heterocycles. The molecule has 4 rings (SSSR count). The molecular weight excluding hydrogens is 381 g/mol. The van der Waals surface area contributed by atoms with Crippen molar-refractivity contribution in [3.8, 4) is 11.5 Å². The molecule has 1 aliphatic carbocycles. The van der Waals surface area contributed by atoms with Crippen LogP contribution in [0.15, 0.2) is 36.4 Å². The Hall–Kier alpha value is -2.11. The Morgan fingerprint density at radius 1 is 1.13 bits per heavy atom. The van der Waals surface area contributed by atoms with Crippen molar-refractivity contribution in [2.24, 2.45) is 5.92 Å². The van der Waals surface area contributed by atoms with E-state index in [0.29, 0.717) is 25.6 Å². The molecule has 0 amide bonds. The van der Waals surface area contributed by atoms with Crippen LogP contribution in [0, 0.1) is 11.7 Å². The Labute approximate surface area is 178 Å². The van der Waals surface area contributed by atoms with Crippen LogP contribution >= 0.6 is 0 Å². The number of benzene rings is 2. The van der Waals surface area contributed by atoms with Crippen molar-refractivity contribution in [2.45, 2.75) is 57.5 Å². The summed E-state index contributed by atoms with van der Waals surface area (Å²) in [5.74, 6) is 1.80. The van der Waals surface area contributed by atoms with E-state index in [1.807, 2.05) is 12.1 Å². The second-order valence-corrected chi connectivity index (χ2v) is 8.96. The van der Waals surface area contributed by atoms with Crippen molar-refractivity contribution >= 4 is 0 Å². The van der Waals surface area contributed by atoms with Gasteiger partial charge in [0.2, 0.25) is 6.79 Å². The van der Waals surface area contributed by atoms with Gasteiger partial charge in [-0.1, -0.05) is 26.0 Å². The molecule has 2 aromatic rings. The molecule has 5 heteroatoms. The maximum Gasteiger partial charge on any atom is 0.231 e. The second kappa shape index (κ2) is 8.94. The Kier molecular flexibility index (Phi) is 6.30. The highest BCUT2D eigenvalue weighted by molar-refractivity contribution is 5.44. The maximum absolute atomic E-state index is 13.6. The fraction of sp³-hybridized carbons (Fsp3) is 0.520. The number of aryl methyl sites for hydroxylation is 2. The Morgan fingerprint density at radius 2 is 1.97 bits per heavy atom. The normalized spacial score (nSPS) is 22.4. The number of hydrogen-bond acceptors (Lipinski definition) is 4. The number of halogens is 1. The molecule has 0 radical (unpaired) electrons. The van der Waals surface area contributed by atoms with Crippen LogP contribution in [0.4, 0.5) is 4.39 Å². The van der Waals surface area contributed by atoms with Crippen molar-refractivity contribution in [2.75, 3.05) is 19.9 Å². The van der Waals surface area contributed by atoms with E-state index in [-0.39, 0.29) is 11.7 Å². The average molecular weight is 414 g/mol. The van der Waals surface area contributed by atoms with Gasteiger partial charge in [-0.2, -0.15) is 0 Å². The predicted molar refractivity (Wildman–Crippen MR) is 116 cm³/mol. The Bertz CT molecular complexity index is 885. The van der Waals surface area contributed by atoms with Crippen molar-refractivity contribution in [1.29, 1.82) is 0 Å². The van der Waals surface area contributed by atoms with Gasteiger partial charge in [0.05, 0.1) is 5.60 Å². The molecule has 0 saturated heterocycles. The zero-order valence-corrected chi connectivity index (χ0v) is 17.9. The van der Waals surface area contributed by atoms with E-state index < -0.39 is 5.60 Å².